The molecule has 2 heterocycles. The molecule has 2 aromatic rings. The number of piperidine rings is 1. The third-order valence-corrected chi connectivity index (χ3v) is 4.87. The predicted octanol–water partition coefficient (Wildman–Crippen LogP) is 3.27. The van der Waals surface area contributed by atoms with Gasteiger partial charge in [-0.05, 0) is 30.7 Å². The maximum absolute atomic E-state index is 12.9. The first kappa shape index (κ1) is 16.8. The standard InChI is InChI=1S/C18H21N3O2S/c1-2-24-16-8-4-3-7-15(16)18(22)21-11-5-6-14(13-21)23-17-12-19-9-10-20-17/h3-4,7-10,12,14H,2,5-6,11,13H2,1H3. The molecule has 1 aliphatic rings. The Morgan fingerprint density at radius 2 is 2.25 bits per heavy atom. The van der Waals surface area contributed by atoms with Crippen molar-refractivity contribution in [2.45, 2.75) is 30.8 Å². The van der Waals surface area contributed by atoms with E-state index in [1.54, 1.807) is 30.4 Å². The van der Waals surface area contributed by atoms with Gasteiger partial charge in [-0.1, -0.05) is 19.1 Å². The molecule has 0 N–H and O–H groups in total. The Kier molecular flexibility index (Phi) is 5.69. The van der Waals surface area contributed by atoms with Crippen LogP contribution in [0.25, 0.3) is 0 Å². The van der Waals surface area contributed by atoms with Gasteiger partial charge in [-0.25, -0.2) is 4.98 Å². The van der Waals surface area contributed by atoms with Crippen LogP contribution in [0.3, 0.4) is 0 Å². The van der Waals surface area contributed by atoms with Gasteiger partial charge in [0.05, 0.1) is 18.3 Å². The predicted molar refractivity (Wildman–Crippen MR) is 94.4 cm³/mol. The second-order valence-electron chi connectivity index (χ2n) is 5.61. The lowest BCUT2D eigenvalue weighted by Gasteiger charge is -2.33. The molecule has 1 amide bonds. The maximum atomic E-state index is 12.9. The van der Waals surface area contributed by atoms with E-state index in [0.717, 1.165) is 35.6 Å². The normalized spacial score (nSPS) is 17.5. The van der Waals surface area contributed by atoms with Crippen molar-refractivity contribution in [3.05, 3.63) is 48.4 Å². The lowest BCUT2D eigenvalue weighted by atomic mass is 10.1. The third kappa shape index (κ3) is 4.06. The van der Waals surface area contributed by atoms with Crippen LogP contribution in [0.5, 0.6) is 5.88 Å². The molecule has 3 rings (SSSR count). The van der Waals surface area contributed by atoms with Gasteiger partial charge in [0.2, 0.25) is 5.88 Å². The Balaban J connectivity index is 1.69. The second-order valence-corrected chi connectivity index (χ2v) is 6.91. The first-order chi connectivity index (χ1) is 11.8. The van der Waals surface area contributed by atoms with E-state index in [9.17, 15) is 4.79 Å². The highest BCUT2D eigenvalue weighted by molar-refractivity contribution is 7.99. The number of carbonyl (C=O) groups excluding carboxylic acids is 1. The van der Waals surface area contributed by atoms with Crippen molar-refractivity contribution in [1.29, 1.82) is 0 Å². The molecule has 1 aromatic heterocycles. The highest BCUT2D eigenvalue weighted by Gasteiger charge is 2.27. The Morgan fingerprint density at radius 3 is 3.04 bits per heavy atom. The van der Waals surface area contributed by atoms with E-state index in [1.165, 1.54) is 0 Å². The smallest absolute Gasteiger partial charge is 0.255 e. The van der Waals surface area contributed by atoms with Crippen LogP contribution in [0.15, 0.2) is 47.8 Å². The van der Waals surface area contributed by atoms with Crippen LogP contribution >= 0.6 is 11.8 Å². The van der Waals surface area contributed by atoms with E-state index in [4.69, 9.17) is 4.74 Å². The topological polar surface area (TPSA) is 55.3 Å². The lowest BCUT2D eigenvalue weighted by molar-refractivity contribution is 0.0524. The number of likely N-dealkylation sites (tertiary alicyclic amines) is 1. The molecule has 24 heavy (non-hydrogen) atoms. The lowest BCUT2D eigenvalue weighted by Crippen LogP contribution is -2.44. The molecular weight excluding hydrogens is 322 g/mol. The summed E-state index contributed by atoms with van der Waals surface area (Å²) in [6.45, 7) is 3.45. The number of carbonyl (C=O) groups is 1. The summed E-state index contributed by atoms with van der Waals surface area (Å²) in [5, 5.41) is 0. The molecular formula is C18H21N3O2S. The van der Waals surface area contributed by atoms with Crippen LogP contribution < -0.4 is 4.74 Å². The van der Waals surface area contributed by atoms with Gasteiger partial charge < -0.3 is 9.64 Å². The van der Waals surface area contributed by atoms with Crippen molar-refractivity contribution < 1.29 is 9.53 Å². The van der Waals surface area contributed by atoms with E-state index in [2.05, 4.69) is 16.9 Å². The van der Waals surface area contributed by atoms with Crippen LogP contribution in [-0.4, -0.2) is 45.7 Å². The summed E-state index contributed by atoms with van der Waals surface area (Å²) in [6, 6.07) is 7.82. The molecule has 1 atom stereocenters. The fraction of sp³-hybridized carbons (Fsp3) is 0.389. The minimum atomic E-state index is -0.0367. The molecule has 0 spiro atoms. The molecule has 1 aliphatic heterocycles. The summed E-state index contributed by atoms with van der Waals surface area (Å²) in [7, 11) is 0. The van der Waals surface area contributed by atoms with Gasteiger partial charge in [0, 0.05) is 23.8 Å². The summed E-state index contributed by atoms with van der Waals surface area (Å²) in [4.78, 5) is 24.0. The van der Waals surface area contributed by atoms with Crippen LogP contribution in [0.2, 0.25) is 0 Å². The van der Waals surface area contributed by atoms with Gasteiger partial charge in [-0.2, -0.15) is 0 Å². The number of rotatable bonds is 5. The highest BCUT2D eigenvalue weighted by atomic mass is 32.2. The average molecular weight is 343 g/mol. The van der Waals surface area contributed by atoms with Gasteiger partial charge in [0.25, 0.3) is 5.91 Å². The monoisotopic (exact) mass is 343 g/mol. The van der Waals surface area contributed by atoms with E-state index in [-0.39, 0.29) is 12.0 Å². The largest absolute Gasteiger partial charge is 0.471 e. The van der Waals surface area contributed by atoms with E-state index >= 15 is 0 Å². The molecule has 1 fully saturated rings. The number of nitrogens with zero attached hydrogens (tertiary/aromatic N) is 3. The van der Waals surface area contributed by atoms with Crippen LogP contribution in [-0.2, 0) is 0 Å². The zero-order chi connectivity index (χ0) is 16.8. The minimum Gasteiger partial charge on any atom is -0.471 e. The number of benzene rings is 1. The second kappa shape index (κ2) is 8.15. The Labute approximate surface area is 146 Å². The van der Waals surface area contributed by atoms with Gasteiger partial charge >= 0.3 is 0 Å². The summed E-state index contributed by atoms with van der Waals surface area (Å²) >= 11 is 1.70. The van der Waals surface area contributed by atoms with Gasteiger partial charge in [-0.3, -0.25) is 9.78 Å². The van der Waals surface area contributed by atoms with Crippen molar-refractivity contribution in [2.24, 2.45) is 0 Å². The van der Waals surface area contributed by atoms with Crippen LogP contribution in [0.1, 0.15) is 30.1 Å². The fourth-order valence-electron chi connectivity index (χ4n) is 2.83. The molecule has 6 heteroatoms. The molecule has 1 saturated heterocycles. The van der Waals surface area contributed by atoms with E-state index in [1.807, 2.05) is 29.2 Å². The highest BCUT2D eigenvalue weighted by Crippen LogP contribution is 2.25. The first-order valence-corrected chi connectivity index (χ1v) is 9.20. The number of ether oxygens (including phenoxy) is 1. The number of hydrogen-bond donors (Lipinski definition) is 0. The maximum Gasteiger partial charge on any atom is 0.255 e. The zero-order valence-corrected chi connectivity index (χ0v) is 14.5. The molecule has 0 radical (unpaired) electrons. The van der Waals surface area contributed by atoms with Gasteiger partial charge in [0.1, 0.15) is 6.10 Å². The van der Waals surface area contributed by atoms with Crippen molar-refractivity contribution in [1.82, 2.24) is 14.9 Å². The SMILES string of the molecule is CCSc1ccccc1C(=O)N1CCCC(Oc2cnccn2)C1. The zero-order valence-electron chi connectivity index (χ0n) is 13.7. The first-order valence-electron chi connectivity index (χ1n) is 8.21. The number of aromatic nitrogens is 2. The third-order valence-electron chi connectivity index (χ3n) is 3.91. The summed E-state index contributed by atoms with van der Waals surface area (Å²) in [6.07, 6.45) is 6.65. The molecule has 5 nitrogen and oxygen atoms in total. The number of thioether (sulfide) groups is 1. The van der Waals surface area contributed by atoms with Crippen LogP contribution in [0.4, 0.5) is 0 Å². The molecule has 1 unspecified atom stereocenters. The van der Waals surface area contributed by atoms with Crippen molar-refractivity contribution in [2.75, 3.05) is 18.8 Å². The van der Waals surface area contributed by atoms with Crippen molar-refractivity contribution in [3.63, 3.8) is 0 Å². The minimum absolute atomic E-state index is 0.0367. The van der Waals surface area contributed by atoms with Gasteiger partial charge in [0.15, 0.2) is 0 Å². The fourth-order valence-corrected chi connectivity index (χ4v) is 3.63. The Morgan fingerprint density at radius 1 is 1.38 bits per heavy atom. The summed E-state index contributed by atoms with van der Waals surface area (Å²) in [5.74, 6) is 1.54. The van der Waals surface area contributed by atoms with E-state index in [0.29, 0.717) is 12.4 Å². The van der Waals surface area contributed by atoms with Gasteiger partial charge in [-0.15, -0.1) is 11.8 Å². The Bertz CT molecular complexity index is 681. The number of hydrogen-bond acceptors (Lipinski definition) is 5. The molecule has 0 bridgehead atoms. The summed E-state index contributed by atoms with van der Waals surface area (Å²) < 4.78 is 5.88. The number of amides is 1. The quantitative estimate of drug-likeness (QED) is 0.780. The van der Waals surface area contributed by atoms with E-state index < -0.39 is 0 Å². The van der Waals surface area contributed by atoms with Crippen LogP contribution in [0, 0.1) is 0 Å². The molecule has 0 saturated carbocycles. The van der Waals surface area contributed by atoms with Crippen molar-refractivity contribution >= 4 is 17.7 Å². The molecule has 126 valence electrons. The summed E-state index contributed by atoms with van der Waals surface area (Å²) in [5.41, 5.74) is 0.782. The van der Waals surface area contributed by atoms with Crippen molar-refractivity contribution in [3.8, 4) is 5.88 Å². The molecule has 0 aliphatic carbocycles. The average Bonchev–Trinajstić information content (AvgIpc) is 2.63. The Hall–Kier alpha value is -2.08. The molecule has 1 aromatic carbocycles.